The summed E-state index contributed by atoms with van der Waals surface area (Å²) in [4.78, 5) is 24.5. The van der Waals surface area contributed by atoms with Gasteiger partial charge in [-0.1, -0.05) is 66.7 Å². The average molecular weight is 667 g/mol. The zero-order valence-corrected chi connectivity index (χ0v) is 27.2. The van der Waals surface area contributed by atoms with Crippen molar-refractivity contribution in [2.45, 2.75) is 25.4 Å². The van der Waals surface area contributed by atoms with Gasteiger partial charge < -0.3 is 48.5 Å². The second kappa shape index (κ2) is 22.5. The molecule has 0 saturated carbocycles. The molecule has 48 heavy (non-hydrogen) atoms. The highest BCUT2D eigenvalue weighted by Crippen LogP contribution is 2.19. The molecule has 0 aromatic heterocycles. The fourth-order valence-corrected chi connectivity index (χ4v) is 4.56. The lowest BCUT2D eigenvalue weighted by atomic mass is 10.2. The van der Waals surface area contributed by atoms with E-state index in [2.05, 4.69) is 10.6 Å². The maximum Gasteiger partial charge on any atom is 0.258 e. The van der Waals surface area contributed by atoms with Crippen molar-refractivity contribution in [1.29, 1.82) is 0 Å². The molecule has 2 amide bonds. The highest BCUT2D eigenvalue weighted by Gasteiger charge is 2.24. The molecule has 1 heterocycles. The highest BCUT2D eigenvalue weighted by molar-refractivity contribution is 5.78. The maximum atomic E-state index is 12.3. The lowest BCUT2D eigenvalue weighted by Crippen LogP contribution is -2.40. The Morgan fingerprint density at radius 3 is 1.48 bits per heavy atom. The fourth-order valence-electron chi connectivity index (χ4n) is 4.56. The standard InChI is InChI=1S/C36H46N2O10/c39-35-27-47-31-12-7-13-32(22-31)48-28-36(40)38-15-17-42-19-21-46-34(26-44-24-30-10-5-2-6-11-30)33(45-20-18-41-16-14-37-35)25-43-23-29-8-3-1-4-9-29/h1-13,22,33-34H,14-21,23-28H2,(H,37,39)(H,38,40)/t33-,34-/m0/s1. The van der Waals surface area contributed by atoms with Crippen molar-refractivity contribution in [3.63, 3.8) is 0 Å². The molecule has 2 bridgehead atoms. The minimum atomic E-state index is -0.461. The molecule has 2 atom stereocenters. The number of carbonyl (C=O) groups is 2. The van der Waals surface area contributed by atoms with Crippen molar-refractivity contribution < 1.29 is 47.5 Å². The smallest absolute Gasteiger partial charge is 0.258 e. The van der Waals surface area contributed by atoms with E-state index in [1.807, 2.05) is 60.7 Å². The van der Waals surface area contributed by atoms with Gasteiger partial charge in [0.05, 0.1) is 66.1 Å². The topological polar surface area (TPSA) is 132 Å². The highest BCUT2D eigenvalue weighted by atomic mass is 16.6. The summed E-state index contributed by atoms with van der Waals surface area (Å²) in [5, 5.41) is 5.53. The van der Waals surface area contributed by atoms with E-state index in [1.54, 1.807) is 24.3 Å². The van der Waals surface area contributed by atoms with Crippen LogP contribution in [0.15, 0.2) is 84.9 Å². The van der Waals surface area contributed by atoms with Gasteiger partial charge in [-0.3, -0.25) is 9.59 Å². The molecular weight excluding hydrogens is 620 g/mol. The van der Waals surface area contributed by atoms with Crippen LogP contribution < -0.4 is 20.1 Å². The molecule has 0 aliphatic carbocycles. The van der Waals surface area contributed by atoms with Gasteiger partial charge in [-0.05, 0) is 23.3 Å². The fraction of sp³-hybridized carbons (Fsp3) is 0.444. The summed E-state index contributed by atoms with van der Waals surface area (Å²) in [5.74, 6) is 0.311. The van der Waals surface area contributed by atoms with E-state index in [0.29, 0.717) is 64.2 Å². The van der Waals surface area contributed by atoms with Crippen molar-refractivity contribution in [3.05, 3.63) is 96.1 Å². The third-order valence-corrected chi connectivity index (χ3v) is 7.00. The molecule has 4 rings (SSSR count). The number of ether oxygens (including phenoxy) is 8. The molecule has 0 unspecified atom stereocenters. The molecule has 0 fully saturated rings. The Bertz CT molecular complexity index is 1220. The third kappa shape index (κ3) is 15.2. The van der Waals surface area contributed by atoms with Gasteiger partial charge in [0, 0.05) is 19.2 Å². The van der Waals surface area contributed by atoms with E-state index in [4.69, 9.17) is 37.9 Å². The van der Waals surface area contributed by atoms with Gasteiger partial charge in [0.2, 0.25) is 0 Å². The zero-order valence-electron chi connectivity index (χ0n) is 27.2. The number of carbonyl (C=O) groups excluding carboxylic acids is 2. The van der Waals surface area contributed by atoms with Crippen LogP contribution in [0.1, 0.15) is 11.1 Å². The summed E-state index contributed by atoms with van der Waals surface area (Å²) in [6.45, 7) is 3.41. The lowest BCUT2D eigenvalue weighted by Gasteiger charge is -2.27. The lowest BCUT2D eigenvalue weighted by molar-refractivity contribution is -0.141. The number of benzene rings is 3. The van der Waals surface area contributed by atoms with Crippen LogP contribution in [0.4, 0.5) is 0 Å². The first-order valence-electron chi connectivity index (χ1n) is 16.2. The Kier molecular flexibility index (Phi) is 17.3. The van der Waals surface area contributed by atoms with E-state index in [1.165, 1.54) is 0 Å². The average Bonchev–Trinajstić information content (AvgIpc) is 3.11. The molecule has 12 heteroatoms. The van der Waals surface area contributed by atoms with Gasteiger partial charge in [0.25, 0.3) is 11.8 Å². The van der Waals surface area contributed by atoms with Crippen LogP contribution in [0.5, 0.6) is 11.5 Å². The second-order valence-corrected chi connectivity index (χ2v) is 10.8. The Hall–Kier alpha value is -4.04. The van der Waals surface area contributed by atoms with Crippen LogP contribution in [0.2, 0.25) is 0 Å². The number of nitrogens with one attached hydrogen (secondary N) is 2. The summed E-state index contributed by atoms with van der Waals surface area (Å²) in [5.41, 5.74) is 2.10. The molecule has 1 aliphatic heterocycles. The van der Waals surface area contributed by atoms with Crippen molar-refractivity contribution in [2.75, 3.05) is 79.2 Å². The third-order valence-electron chi connectivity index (χ3n) is 7.00. The summed E-state index contributed by atoms with van der Waals surface area (Å²) < 4.78 is 47.1. The van der Waals surface area contributed by atoms with E-state index < -0.39 is 12.2 Å². The number of hydrogen-bond donors (Lipinski definition) is 2. The molecule has 1 aliphatic rings. The minimum absolute atomic E-state index is 0.175. The number of hydrogen-bond acceptors (Lipinski definition) is 10. The molecule has 0 radical (unpaired) electrons. The van der Waals surface area contributed by atoms with E-state index in [-0.39, 0.29) is 51.5 Å². The number of fused-ring (bicyclic) bond motifs is 2. The first-order valence-corrected chi connectivity index (χ1v) is 16.2. The van der Waals surface area contributed by atoms with Gasteiger partial charge in [-0.2, -0.15) is 0 Å². The van der Waals surface area contributed by atoms with Gasteiger partial charge in [-0.15, -0.1) is 0 Å². The van der Waals surface area contributed by atoms with Crippen molar-refractivity contribution in [1.82, 2.24) is 10.6 Å². The first kappa shape index (κ1) is 36.8. The Labute approximate surface area is 281 Å². The summed E-state index contributed by atoms with van der Waals surface area (Å²) >= 11 is 0. The van der Waals surface area contributed by atoms with E-state index in [9.17, 15) is 9.59 Å². The van der Waals surface area contributed by atoms with Crippen LogP contribution >= 0.6 is 0 Å². The Morgan fingerprint density at radius 2 is 1.02 bits per heavy atom. The molecular formula is C36H46N2O10. The normalized spacial score (nSPS) is 19.8. The molecule has 0 spiro atoms. The molecule has 3 aromatic carbocycles. The van der Waals surface area contributed by atoms with Gasteiger partial charge >= 0.3 is 0 Å². The van der Waals surface area contributed by atoms with Gasteiger partial charge in [0.1, 0.15) is 23.7 Å². The monoisotopic (exact) mass is 666 g/mol. The summed E-state index contributed by atoms with van der Waals surface area (Å²) in [6, 6.07) is 26.6. The number of amides is 2. The zero-order chi connectivity index (χ0) is 33.5. The molecule has 12 nitrogen and oxygen atoms in total. The maximum absolute atomic E-state index is 12.3. The molecule has 3 aromatic rings. The predicted molar refractivity (Wildman–Crippen MR) is 177 cm³/mol. The Balaban J connectivity index is 1.34. The predicted octanol–water partition coefficient (Wildman–Crippen LogP) is 2.93. The van der Waals surface area contributed by atoms with Crippen LogP contribution in [0, 0.1) is 0 Å². The summed E-state index contributed by atoms with van der Waals surface area (Å²) in [7, 11) is 0. The molecule has 260 valence electrons. The van der Waals surface area contributed by atoms with Crippen LogP contribution in [-0.4, -0.2) is 103 Å². The van der Waals surface area contributed by atoms with Crippen LogP contribution in [0.3, 0.4) is 0 Å². The SMILES string of the molecule is O=C1COc2cccc(c2)OCC(=O)NCCOCCO[C@@H](COCc2ccccc2)[C@H](COCc2ccccc2)OCCOCCN1. The van der Waals surface area contributed by atoms with Crippen LogP contribution in [0.25, 0.3) is 0 Å². The Morgan fingerprint density at radius 1 is 0.562 bits per heavy atom. The largest absolute Gasteiger partial charge is 0.484 e. The van der Waals surface area contributed by atoms with E-state index in [0.717, 1.165) is 11.1 Å². The van der Waals surface area contributed by atoms with Crippen molar-refractivity contribution in [3.8, 4) is 11.5 Å². The van der Waals surface area contributed by atoms with Crippen LogP contribution in [-0.2, 0) is 51.2 Å². The molecule has 0 saturated heterocycles. The summed E-state index contributed by atoms with van der Waals surface area (Å²) in [6.07, 6.45) is -0.923. The van der Waals surface area contributed by atoms with E-state index >= 15 is 0 Å². The first-order chi connectivity index (χ1) is 23.7. The quantitative estimate of drug-likeness (QED) is 0.370. The molecule has 2 N–H and O–H groups in total. The second-order valence-electron chi connectivity index (χ2n) is 10.8. The number of rotatable bonds is 8. The van der Waals surface area contributed by atoms with Crippen molar-refractivity contribution >= 4 is 11.8 Å². The van der Waals surface area contributed by atoms with Crippen molar-refractivity contribution in [2.24, 2.45) is 0 Å². The van der Waals surface area contributed by atoms with Gasteiger partial charge in [-0.25, -0.2) is 0 Å². The minimum Gasteiger partial charge on any atom is -0.484 e. The van der Waals surface area contributed by atoms with Gasteiger partial charge in [0.15, 0.2) is 13.2 Å².